The lowest BCUT2D eigenvalue weighted by molar-refractivity contribution is -0.138. The van der Waals surface area contributed by atoms with Gasteiger partial charge in [0.2, 0.25) is 5.91 Å². The van der Waals surface area contributed by atoms with E-state index in [1.807, 2.05) is 0 Å². The molecule has 1 saturated carbocycles. The van der Waals surface area contributed by atoms with Gasteiger partial charge in [0.1, 0.15) is 12.2 Å². The zero-order chi connectivity index (χ0) is 17.7. The maximum atomic E-state index is 12.1. The Morgan fingerprint density at radius 2 is 1.96 bits per heavy atom. The molecule has 0 atom stereocenters. The molecule has 0 radical (unpaired) electrons. The fraction of sp³-hybridized carbons (Fsp3) is 0.765. The van der Waals surface area contributed by atoms with E-state index in [9.17, 15) is 9.59 Å². The molecule has 1 aliphatic carbocycles. The number of nitrogens with zero attached hydrogens (tertiary/aromatic N) is 3. The summed E-state index contributed by atoms with van der Waals surface area (Å²) >= 11 is 0. The minimum Gasteiger partial charge on any atom is -0.480 e. The number of carboxylic acids is 1. The van der Waals surface area contributed by atoms with Gasteiger partial charge in [-0.2, -0.15) is 0 Å². The number of rotatable bonds is 6. The molecule has 0 bridgehead atoms. The second-order valence-electron chi connectivity index (χ2n) is 7.87. The highest BCUT2D eigenvalue weighted by Gasteiger charge is 2.30. The fourth-order valence-electron chi connectivity index (χ4n) is 3.39. The highest BCUT2D eigenvalue weighted by atomic mass is 16.4. The molecule has 7 nitrogen and oxygen atoms in total. The van der Waals surface area contributed by atoms with Crippen molar-refractivity contribution in [3.63, 3.8) is 0 Å². The summed E-state index contributed by atoms with van der Waals surface area (Å²) in [6, 6.07) is 0. The van der Waals surface area contributed by atoms with Gasteiger partial charge < -0.3 is 10.4 Å². The number of hydrogen-bond donors (Lipinski definition) is 2. The molecular weight excluding hydrogens is 308 g/mol. The first-order valence-electron chi connectivity index (χ1n) is 8.61. The van der Waals surface area contributed by atoms with Crippen molar-refractivity contribution < 1.29 is 14.7 Å². The number of carbonyl (C=O) groups excluding carboxylic acids is 1. The van der Waals surface area contributed by atoms with Crippen LogP contribution in [0.5, 0.6) is 0 Å². The molecule has 2 rings (SSSR count). The predicted octanol–water partition coefficient (Wildman–Crippen LogP) is 2.22. The molecule has 0 aliphatic heterocycles. The SMILES string of the molecule is CC(C)(C)C1CCC(CC(=O)NCc2cn(CC(=O)O)nn2)CC1. The van der Waals surface area contributed by atoms with Gasteiger partial charge in [0.25, 0.3) is 0 Å². The van der Waals surface area contributed by atoms with Gasteiger partial charge in [-0.15, -0.1) is 5.10 Å². The number of carbonyl (C=O) groups is 2. The summed E-state index contributed by atoms with van der Waals surface area (Å²) in [5, 5.41) is 19.1. The number of carboxylic acid groups (broad SMARTS) is 1. The molecule has 0 saturated heterocycles. The standard InChI is InChI=1S/C17H28N4O3/c1-17(2,3)13-6-4-12(5-7-13)8-15(22)18-9-14-10-21(20-19-14)11-16(23)24/h10,12-13H,4-9,11H2,1-3H3,(H,18,22)(H,23,24). The molecule has 0 spiro atoms. The second-order valence-corrected chi connectivity index (χ2v) is 7.87. The van der Waals surface area contributed by atoms with Crippen LogP contribution in [0, 0.1) is 17.3 Å². The van der Waals surface area contributed by atoms with Crippen molar-refractivity contribution >= 4 is 11.9 Å². The van der Waals surface area contributed by atoms with E-state index in [-0.39, 0.29) is 19.0 Å². The summed E-state index contributed by atoms with van der Waals surface area (Å²) in [7, 11) is 0. The van der Waals surface area contributed by atoms with Crippen LogP contribution < -0.4 is 5.32 Å². The minimum atomic E-state index is -0.971. The molecule has 7 heteroatoms. The minimum absolute atomic E-state index is 0.0296. The fourth-order valence-corrected chi connectivity index (χ4v) is 3.39. The van der Waals surface area contributed by atoms with E-state index < -0.39 is 5.97 Å². The summed E-state index contributed by atoms with van der Waals surface area (Å²) in [6.45, 7) is 6.94. The topological polar surface area (TPSA) is 97.1 Å². The quantitative estimate of drug-likeness (QED) is 0.830. The van der Waals surface area contributed by atoms with Crippen molar-refractivity contribution in [2.75, 3.05) is 0 Å². The Balaban J connectivity index is 1.70. The lowest BCUT2D eigenvalue weighted by Crippen LogP contribution is -2.29. The summed E-state index contributed by atoms with van der Waals surface area (Å²) < 4.78 is 1.25. The number of nitrogens with one attached hydrogen (secondary N) is 1. The Labute approximate surface area is 142 Å². The Hall–Kier alpha value is -1.92. The summed E-state index contributed by atoms with van der Waals surface area (Å²) in [4.78, 5) is 22.7. The van der Waals surface area contributed by atoms with Gasteiger partial charge in [-0.3, -0.25) is 9.59 Å². The Bertz CT molecular complexity index is 569. The van der Waals surface area contributed by atoms with Crippen LogP contribution in [0.3, 0.4) is 0 Å². The van der Waals surface area contributed by atoms with Crippen LogP contribution in [0.1, 0.15) is 58.6 Å². The van der Waals surface area contributed by atoms with Crippen molar-refractivity contribution in [3.8, 4) is 0 Å². The third kappa shape index (κ3) is 5.62. The molecule has 1 aromatic rings. The Morgan fingerprint density at radius 1 is 1.29 bits per heavy atom. The van der Waals surface area contributed by atoms with Gasteiger partial charge in [0.05, 0.1) is 12.7 Å². The summed E-state index contributed by atoms with van der Waals surface area (Å²) in [5.41, 5.74) is 0.927. The second kappa shape index (κ2) is 7.77. The Kier molecular flexibility index (Phi) is 5.96. The van der Waals surface area contributed by atoms with Crippen LogP contribution in [0.4, 0.5) is 0 Å². The first-order chi connectivity index (χ1) is 11.2. The van der Waals surface area contributed by atoms with E-state index in [2.05, 4.69) is 36.4 Å². The number of hydrogen-bond acceptors (Lipinski definition) is 4. The molecule has 1 aromatic heterocycles. The van der Waals surface area contributed by atoms with Crippen LogP contribution >= 0.6 is 0 Å². The first-order valence-corrected chi connectivity index (χ1v) is 8.61. The van der Waals surface area contributed by atoms with Crippen molar-refractivity contribution in [3.05, 3.63) is 11.9 Å². The molecule has 1 heterocycles. The van der Waals surface area contributed by atoms with Gasteiger partial charge in [-0.1, -0.05) is 26.0 Å². The summed E-state index contributed by atoms with van der Waals surface area (Å²) in [6.07, 6.45) is 6.73. The van der Waals surface area contributed by atoms with E-state index in [0.717, 1.165) is 18.8 Å². The largest absolute Gasteiger partial charge is 0.480 e. The van der Waals surface area contributed by atoms with Crippen molar-refractivity contribution in [1.82, 2.24) is 20.3 Å². The van der Waals surface area contributed by atoms with Crippen molar-refractivity contribution in [1.29, 1.82) is 0 Å². The smallest absolute Gasteiger partial charge is 0.325 e. The van der Waals surface area contributed by atoms with Crippen LogP contribution in [0.2, 0.25) is 0 Å². The molecule has 24 heavy (non-hydrogen) atoms. The Morgan fingerprint density at radius 3 is 2.54 bits per heavy atom. The number of aliphatic carboxylic acids is 1. The van der Waals surface area contributed by atoms with Crippen LogP contribution in [-0.4, -0.2) is 32.0 Å². The third-order valence-corrected chi connectivity index (χ3v) is 4.90. The molecular formula is C17H28N4O3. The first kappa shape index (κ1) is 18.4. The molecule has 134 valence electrons. The van der Waals surface area contributed by atoms with E-state index in [1.165, 1.54) is 17.5 Å². The average molecular weight is 336 g/mol. The van der Waals surface area contributed by atoms with Crippen LogP contribution in [0.15, 0.2) is 6.20 Å². The normalized spacial score (nSPS) is 21.5. The highest BCUT2D eigenvalue weighted by Crippen LogP contribution is 2.40. The van der Waals surface area contributed by atoms with E-state index >= 15 is 0 Å². The molecule has 2 N–H and O–H groups in total. The summed E-state index contributed by atoms with van der Waals surface area (Å²) in [5.74, 6) is 0.274. The third-order valence-electron chi connectivity index (χ3n) is 4.90. The number of aromatic nitrogens is 3. The zero-order valence-corrected chi connectivity index (χ0v) is 14.8. The molecule has 1 amide bonds. The van der Waals surface area contributed by atoms with E-state index in [4.69, 9.17) is 5.11 Å². The van der Waals surface area contributed by atoms with Crippen LogP contribution in [-0.2, 0) is 22.7 Å². The highest BCUT2D eigenvalue weighted by molar-refractivity contribution is 5.76. The maximum absolute atomic E-state index is 12.1. The van der Waals surface area contributed by atoms with Crippen molar-refractivity contribution in [2.45, 2.75) is 66.0 Å². The predicted molar refractivity (Wildman–Crippen MR) is 89.0 cm³/mol. The lowest BCUT2D eigenvalue weighted by Gasteiger charge is -2.36. The van der Waals surface area contributed by atoms with Gasteiger partial charge in [0.15, 0.2) is 0 Å². The maximum Gasteiger partial charge on any atom is 0.325 e. The van der Waals surface area contributed by atoms with Crippen LogP contribution in [0.25, 0.3) is 0 Å². The lowest BCUT2D eigenvalue weighted by atomic mass is 9.69. The molecule has 1 fully saturated rings. The van der Waals surface area contributed by atoms with Crippen molar-refractivity contribution in [2.24, 2.45) is 17.3 Å². The molecule has 0 aromatic carbocycles. The molecule has 0 unspecified atom stereocenters. The van der Waals surface area contributed by atoms with E-state index in [1.54, 1.807) is 6.20 Å². The average Bonchev–Trinajstić information content (AvgIpc) is 2.91. The van der Waals surface area contributed by atoms with Gasteiger partial charge in [0, 0.05) is 6.42 Å². The van der Waals surface area contributed by atoms with Gasteiger partial charge in [-0.05, 0) is 42.9 Å². The van der Waals surface area contributed by atoms with E-state index in [0.29, 0.717) is 23.4 Å². The zero-order valence-electron chi connectivity index (χ0n) is 14.8. The number of amides is 1. The monoisotopic (exact) mass is 336 g/mol. The van der Waals surface area contributed by atoms with Gasteiger partial charge >= 0.3 is 5.97 Å². The van der Waals surface area contributed by atoms with Gasteiger partial charge in [-0.25, -0.2) is 4.68 Å². The molecule has 1 aliphatic rings.